The Labute approximate surface area is 223 Å². The van der Waals surface area contributed by atoms with Gasteiger partial charge in [-0.1, -0.05) is 25.6 Å². The molecule has 0 saturated carbocycles. The summed E-state index contributed by atoms with van der Waals surface area (Å²) in [5.74, 6) is 0.211. The summed E-state index contributed by atoms with van der Waals surface area (Å²) in [5.41, 5.74) is 10.4. The lowest BCUT2D eigenvalue weighted by atomic mass is 10.1. The summed E-state index contributed by atoms with van der Waals surface area (Å²) in [6.07, 6.45) is 4.16. The van der Waals surface area contributed by atoms with Crippen LogP contribution in [0.3, 0.4) is 0 Å². The molecule has 4 rings (SSSR count). The van der Waals surface area contributed by atoms with Gasteiger partial charge in [0.1, 0.15) is 5.75 Å². The van der Waals surface area contributed by atoms with Crippen molar-refractivity contribution in [3.63, 3.8) is 0 Å². The number of hydrogen-bond acceptors (Lipinski definition) is 6. The standard InChI is InChI=1S/C29H34N6O3/c1-5-7-26(21-10-13-24(30)27(18-21)38-4)35-23(6-2)19-25(32-35)28(36)31-22-11-8-20(9-12-22)29(37)34-16-14-33(3)15-17-34/h5,7-13,18-19H,1,6,14-17,30H2,2-4H3,(H,31,36)/b26-7-. The second-order valence-corrected chi connectivity index (χ2v) is 9.16. The number of methoxy groups -OCH3 is 1. The van der Waals surface area contributed by atoms with E-state index in [2.05, 4.69) is 28.9 Å². The molecule has 38 heavy (non-hydrogen) atoms. The number of benzene rings is 2. The minimum Gasteiger partial charge on any atom is -0.495 e. The van der Waals surface area contributed by atoms with Crippen LogP contribution in [0.2, 0.25) is 0 Å². The Bertz CT molecular complexity index is 1350. The molecule has 0 unspecified atom stereocenters. The number of ether oxygens (including phenoxy) is 1. The maximum atomic E-state index is 13.1. The van der Waals surface area contributed by atoms with Crippen LogP contribution in [-0.4, -0.2) is 71.7 Å². The first-order valence-electron chi connectivity index (χ1n) is 12.6. The number of carbonyl (C=O) groups is 2. The van der Waals surface area contributed by atoms with Crippen molar-refractivity contribution in [1.82, 2.24) is 19.6 Å². The maximum absolute atomic E-state index is 13.1. The van der Waals surface area contributed by atoms with Gasteiger partial charge >= 0.3 is 0 Å². The molecule has 3 N–H and O–H groups in total. The second-order valence-electron chi connectivity index (χ2n) is 9.16. The molecule has 198 valence electrons. The van der Waals surface area contributed by atoms with Crippen LogP contribution in [0.25, 0.3) is 5.70 Å². The monoisotopic (exact) mass is 514 g/mol. The molecule has 1 fully saturated rings. The van der Waals surface area contributed by atoms with Crippen LogP contribution >= 0.6 is 0 Å². The number of amides is 2. The van der Waals surface area contributed by atoms with Gasteiger partial charge in [-0.3, -0.25) is 9.59 Å². The van der Waals surface area contributed by atoms with Gasteiger partial charge in [0.25, 0.3) is 11.8 Å². The van der Waals surface area contributed by atoms with Gasteiger partial charge in [0.2, 0.25) is 0 Å². The van der Waals surface area contributed by atoms with Crippen LogP contribution in [0, 0.1) is 0 Å². The predicted octanol–water partition coefficient (Wildman–Crippen LogP) is 3.75. The molecule has 0 spiro atoms. The zero-order valence-electron chi connectivity index (χ0n) is 22.1. The Balaban J connectivity index is 1.52. The molecule has 1 aliphatic heterocycles. The summed E-state index contributed by atoms with van der Waals surface area (Å²) >= 11 is 0. The first kappa shape index (κ1) is 26.7. The van der Waals surface area contributed by atoms with Crippen molar-refractivity contribution in [3.05, 3.63) is 89.8 Å². The predicted molar refractivity (Wildman–Crippen MR) is 150 cm³/mol. The number of rotatable bonds is 8. The van der Waals surface area contributed by atoms with Gasteiger partial charge in [-0.2, -0.15) is 5.10 Å². The molecule has 2 heterocycles. The van der Waals surface area contributed by atoms with Crippen LogP contribution in [0.15, 0.2) is 67.3 Å². The SMILES string of the molecule is C=C/C=C(/c1ccc(N)c(OC)c1)n1nc(C(=O)Nc2ccc(C(=O)N3CCN(C)CC3)cc2)cc1CC. The fourth-order valence-corrected chi connectivity index (χ4v) is 4.35. The third kappa shape index (κ3) is 5.78. The quantitative estimate of drug-likeness (QED) is 0.350. The number of piperazine rings is 1. The highest BCUT2D eigenvalue weighted by Gasteiger charge is 2.21. The minimum atomic E-state index is -0.343. The molecule has 0 radical (unpaired) electrons. The largest absolute Gasteiger partial charge is 0.495 e. The molecule has 0 atom stereocenters. The van der Waals surface area contributed by atoms with E-state index >= 15 is 0 Å². The van der Waals surface area contributed by atoms with Gasteiger partial charge in [-0.15, -0.1) is 0 Å². The van der Waals surface area contributed by atoms with Crippen LogP contribution in [0.1, 0.15) is 39.0 Å². The van der Waals surface area contributed by atoms with Crippen LogP contribution in [-0.2, 0) is 6.42 Å². The van der Waals surface area contributed by atoms with Crippen molar-refractivity contribution in [1.29, 1.82) is 0 Å². The fraction of sp³-hybridized carbons (Fsp3) is 0.276. The van der Waals surface area contributed by atoms with Gasteiger partial charge in [-0.25, -0.2) is 4.68 Å². The summed E-state index contributed by atoms with van der Waals surface area (Å²) in [7, 11) is 3.62. The molecule has 2 aromatic carbocycles. The highest BCUT2D eigenvalue weighted by Crippen LogP contribution is 2.28. The number of aromatic nitrogens is 2. The average molecular weight is 515 g/mol. The molecule has 2 amide bonds. The van der Waals surface area contributed by atoms with E-state index in [4.69, 9.17) is 10.5 Å². The fourth-order valence-electron chi connectivity index (χ4n) is 4.35. The summed E-state index contributed by atoms with van der Waals surface area (Å²) in [4.78, 5) is 30.0. The van der Waals surface area contributed by atoms with Crippen molar-refractivity contribution < 1.29 is 14.3 Å². The molecule has 1 aromatic heterocycles. The summed E-state index contributed by atoms with van der Waals surface area (Å²) in [6.45, 7) is 8.98. The average Bonchev–Trinajstić information content (AvgIpc) is 3.37. The lowest BCUT2D eigenvalue weighted by Gasteiger charge is -2.32. The Morgan fingerprint density at radius 3 is 2.39 bits per heavy atom. The zero-order chi connectivity index (χ0) is 27.2. The molecular weight excluding hydrogens is 480 g/mol. The number of carbonyl (C=O) groups excluding carboxylic acids is 2. The number of aryl methyl sites for hydroxylation is 1. The lowest BCUT2D eigenvalue weighted by Crippen LogP contribution is -2.47. The summed E-state index contributed by atoms with van der Waals surface area (Å²) in [6, 6.07) is 14.2. The smallest absolute Gasteiger partial charge is 0.276 e. The van der Waals surface area contributed by atoms with Crippen molar-refractivity contribution in [2.75, 3.05) is 51.4 Å². The molecule has 1 aliphatic rings. The van der Waals surface area contributed by atoms with Crippen LogP contribution in [0.4, 0.5) is 11.4 Å². The summed E-state index contributed by atoms with van der Waals surface area (Å²) in [5, 5.41) is 7.50. The van der Waals surface area contributed by atoms with E-state index in [9.17, 15) is 9.59 Å². The lowest BCUT2D eigenvalue weighted by molar-refractivity contribution is 0.0664. The maximum Gasteiger partial charge on any atom is 0.276 e. The Hall–Kier alpha value is -4.37. The van der Waals surface area contributed by atoms with E-state index in [0.29, 0.717) is 42.2 Å². The second kappa shape index (κ2) is 11.8. The normalized spacial score (nSPS) is 14.3. The highest BCUT2D eigenvalue weighted by atomic mass is 16.5. The Morgan fingerprint density at radius 1 is 1.08 bits per heavy atom. The van der Waals surface area contributed by atoms with Gasteiger partial charge in [0.05, 0.1) is 18.5 Å². The first-order valence-corrected chi connectivity index (χ1v) is 12.6. The number of anilines is 2. The van der Waals surface area contributed by atoms with E-state index in [1.807, 2.05) is 30.0 Å². The molecule has 1 saturated heterocycles. The van der Waals surface area contributed by atoms with Gasteiger partial charge < -0.3 is 25.6 Å². The third-order valence-electron chi connectivity index (χ3n) is 6.59. The van der Waals surface area contributed by atoms with E-state index in [1.54, 1.807) is 54.3 Å². The molecule has 3 aromatic rings. The molecule has 9 nitrogen and oxygen atoms in total. The number of likely N-dealkylation sites (N-methyl/N-ethyl adjacent to an activating group) is 1. The Kier molecular flexibility index (Phi) is 8.28. The number of nitrogens with one attached hydrogen (secondary N) is 1. The number of hydrogen-bond donors (Lipinski definition) is 2. The van der Waals surface area contributed by atoms with E-state index in [-0.39, 0.29) is 17.5 Å². The zero-order valence-corrected chi connectivity index (χ0v) is 22.1. The first-order chi connectivity index (χ1) is 18.3. The van der Waals surface area contributed by atoms with Crippen molar-refractivity contribution in [2.45, 2.75) is 13.3 Å². The molecule has 0 bridgehead atoms. The van der Waals surface area contributed by atoms with Crippen molar-refractivity contribution in [3.8, 4) is 5.75 Å². The number of nitrogen functional groups attached to an aromatic ring is 1. The third-order valence-corrected chi connectivity index (χ3v) is 6.59. The van der Waals surface area contributed by atoms with E-state index in [0.717, 1.165) is 30.0 Å². The van der Waals surface area contributed by atoms with Crippen molar-refractivity contribution in [2.24, 2.45) is 0 Å². The molecule has 9 heteroatoms. The van der Waals surface area contributed by atoms with Crippen LogP contribution < -0.4 is 15.8 Å². The van der Waals surface area contributed by atoms with E-state index < -0.39 is 0 Å². The minimum absolute atomic E-state index is 0.00291. The molecular formula is C29H34N6O3. The van der Waals surface area contributed by atoms with E-state index in [1.165, 1.54) is 0 Å². The number of nitrogens with zero attached hydrogens (tertiary/aromatic N) is 4. The van der Waals surface area contributed by atoms with Gasteiger partial charge in [0, 0.05) is 48.7 Å². The Morgan fingerprint density at radius 2 is 1.76 bits per heavy atom. The highest BCUT2D eigenvalue weighted by molar-refractivity contribution is 6.03. The van der Waals surface area contributed by atoms with Crippen LogP contribution in [0.5, 0.6) is 5.75 Å². The van der Waals surface area contributed by atoms with Gasteiger partial charge in [-0.05, 0) is 62.0 Å². The number of allylic oxidation sites excluding steroid dienone is 2. The summed E-state index contributed by atoms with van der Waals surface area (Å²) < 4.78 is 7.12. The topological polar surface area (TPSA) is 106 Å². The van der Waals surface area contributed by atoms with Crippen molar-refractivity contribution >= 4 is 28.9 Å². The molecule has 0 aliphatic carbocycles. The number of nitrogens with two attached hydrogens (primary N) is 1. The van der Waals surface area contributed by atoms with Gasteiger partial charge in [0.15, 0.2) is 5.69 Å².